The monoisotopic (exact) mass is 551 g/mol. The van der Waals surface area contributed by atoms with Gasteiger partial charge in [0.05, 0.1) is 11.3 Å². The quantitative estimate of drug-likeness (QED) is 0.190. The summed E-state index contributed by atoms with van der Waals surface area (Å²) in [5, 5.41) is 12.1. The van der Waals surface area contributed by atoms with Gasteiger partial charge in [-0.25, -0.2) is 9.78 Å². The zero-order valence-electron chi connectivity index (χ0n) is 23.1. The van der Waals surface area contributed by atoms with Crippen LogP contribution in [0.2, 0.25) is 0 Å². The maximum Gasteiger partial charge on any atom is 0.335 e. The van der Waals surface area contributed by atoms with E-state index in [0.717, 1.165) is 46.6 Å². The smallest absolute Gasteiger partial charge is 0.335 e. The minimum atomic E-state index is -0.911. The summed E-state index contributed by atoms with van der Waals surface area (Å²) in [6.07, 6.45) is 8.72. The van der Waals surface area contributed by atoms with Gasteiger partial charge in [0.1, 0.15) is 0 Å². The van der Waals surface area contributed by atoms with Crippen LogP contribution in [0.5, 0.6) is 0 Å². The minimum absolute atomic E-state index is 0.297. The third-order valence-corrected chi connectivity index (χ3v) is 8.70. The van der Waals surface area contributed by atoms with E-state index < -0.39 is 5.97 Å². The molecule has 1 N–H and O–H groups in total. The first kappa shape index (κ1) is 27.7. The molecule has 6 heteroatoms. The van der Waals surface area contributed by atoms with Gasteiger partial charge in [0, 0.05) is 43.3 Å². The second-order valence-electron chi connectivity index (χ2n) is 10.7. The Bertz CT molecular complexity index is 1410. The van der Waals surface area contributed by atoms with Crippen molar-refractivity contribution in [3.05, 3.63) is 113 Å². The molecule has 0 spiro atoms. The number of carboxylic acids is 1. The molecule has 4 aromatic rings. The molecule has 0 radical (unpaired) electrons. The fourth-order valence-corrected chi connectivity index (χ4v) is 6.28. The van der Waals surface area contributed by atoms with Crippen molar-refractivity contribution >= 4 is 28.1 Å². The Labute approximate surface area is 241 Å². The summed E-state index contributed by atoms with van der Waals surface area (Å²) in [4.78, 5) is 20.4. The van der Waals surface area contributed by atoms with Gasteiger partial charge in [-0.3, -0.25) is 0 Å². The van der Waals surface area contributed by atoms with Crippen LogP contribution < -0.4 is 9.80 Å². The fourth-order valence-electron chi connectivity index (χ4n) is 5.48. The molecule has 5 rings (SSSR count). The molecule has 1 aliphatic carbocycles. The van der Waals surface area contributed by atoms with Crippen LogP contribution in [-0.4, -0.2) is 29.7 Å². The lowest BCUT2D eigenvalue weighted by Gasteiger charge is -2.25. The van der Waals surface area contributed by atoms with Gasteiger partial charge in [0.2, 0.25) is 0 Å². The summed E-state index contributed by atoms with van der Waals surface area (Å²) in [5.41, 5.74) is 7.35. The average Bonchev–Trinajstić information content (AvgIpc) is 3.49. The van der Waals surface area contributed by atoms with E-state index in [-0.39, 0.29) is 0 Å². The summed E-state index contributed by atoms with van der Waals surface area (Å²) in [6, 6.07) is 24.9. The van der Waals surface area contributed by atoms with Gasteiger partial charge in [-0.05, 0) is 59.7 Å². The zero-order valence-corrected chi connectivity index (χ0v) is 23.9. The summed E-state index contributed by atoms with van der Waals surface area (Å²) in [7, 11) is 2.01. The number of aromatic nitrogens is 1. The molecule has 1 aromatic heterocycles. The van der Waals surface area contributed by atoms with Gasteiger partial charge in [-0.2, -0.15) is 0 Å². The lowest BCUT2D eigenvalue weighted by molar-refractivity contribution is 0.0697. The van der Waals surface area contributed by atoms with Crippen LogP contribution in [0.3, 0.4) is 0 Å². The normalized spacial score (nSPS) is 13.6. The number of carbonyl (C=O) groups is 1. The van der Waals surface area contributed by atoms with Crippen molar-refractivity contribution in [3.63, 3.8) is 0 Å². The number of rotatable bonds is 11. The van der Waals surface area contributed by atoms with Crippen LogP contribution in [0.25, 0.3) is 11.3 Å². The molecule has 0 unspecified atom stereocenters. The zero-order chi connectivity index (χ0) is 27.9. The summed E-state index contributed by atoms with van der Waals surface area (Å²) in [5.74, 6) is -0.178. The van der Waals surface area contributed by atoms with Crippen molar-refractivity contribution < 1.29 is 9.90 Å². The van der Waals surface area contributed by atoms with Gasteiger partial charge in [-0.15, -0.1) is 17.9 Å². The van der Waals surface area contributed by atoms with Crippen LogP contribution in [0.15, 0.2) is 90.8 Å². The van der Waals surface area contributed by atoms with Crippen molar-refractivity contribution in [1.82, 2.24) is 4.98 Å². The van der Waals surface area contributed by atoms with Gasteiger partial charge in [-0.1, -0.05) is 73.9 Å². The topological polar surface area (TPSA) is 56.7 Å². The second-order valence-corrected chi connectivity index (χ2v) is 11.5. The Kier molecular flexibility index (Phi) is 8.97. The number of nitrogens with zero attached hydrogens (tertiary/aromatic N) is 3. The Morgan fingerprint density at radius 2 is 1.60 bits per heavy atom. The van der Waals surface area contributed by atoms with E-state index in [1.54, 1.807) is 23.5 Å². The van der Waals surface area contributed by atoms with Gasteiger partial charge >= 0.3 is 5.97 Å². The van der Waals surface area contributed by atoms with Crippen molar-refractivity contribution in [2.24, 2.45) is 0 Å². The van der Waals surface area contributed by atoms with Crippen LogP contribution in [0.1, 0.15) is 65.1 Å². The van der Waals surface area contributed by atoms with E-state index in [1.807, 2.05) is 25.3 Å². The van der Waals surface area contributed by atoms with Crippen LogP contribution in [0.4, 0.5) is 10.8 Å². The summed E-state index contributed by atoms with van der Waals surface area (Å²) < 4.78 is 0. The van der Waals surface area contributed by atoms with Crippen molar-refractivity contribution in [2.45, 2.75) is 51.1 Å². The predicted molar refractivity (Wildman–Crippen MR) is 167 cm³/mol. The number of hydrogen-bond donors (Lipinski definition) is 1. The van der Waals surface area contributed by atoms with E-state index in [4.69, 9.17) is 10.1 Å². The molecule has 1 fully saturated rings. The van der Waals surface area contributed by atoms with E-state index in [1.165, 1.54) is 43.2 Å². The van der Waals surface area contributed by atoms with E-state index in [9.17, 15) is 4.79 Å². The number of benzene rings is 3. The highest BCUT2D eigenvalue weighted by atomic mass is 32.1. The Morgan fingerprint density at radius 3 is 2.25 bits per heavy atom. The maximum atomic E-state index is 11.1. The molecule has 1 saturated carbocycles. The predicted octanol–water partition coefficient (Wildman–Crippen LogP) is 8.39. The molecule has 0 bridgehead atoms. The summed E-state index contributed by atoms with van der Waals surface area (Å²) in [6.45, 7) is 6.27. The van der Waals surface area contributed by atoms with Crippen LogP contribution in [0, 0.1) is 0 Å². The minimum Gasteiger partial charge on any atom is -0.478 e. The van der Waals surface area contributed by atoms with Gasteiger partial charge in [0.15, 0.2) is 5.13 Å². The number of thiazole rings is 1. The molecule has 3 aromatic carbocycles. The van der Waals surface area contributed by atoms with Crippen molar-refractivity contribution in [1.29, 1.82) is 0 Å². The summed E-state index contributed by atoms with van der Waals surface area (Å²) >= 11 is 1.61. The first-order valence-electron chi connectivity index (χ1n) is 14.0. The Balaban J connectivity index is 1.23. The third-order valence-electron chi connectivity index (χ3n) is 7.75. The number of anilines is 2. The molecule has 0 aliphatic heterocycles. The molecule has 1 aliphatic rings. The second kappa shape index (κ2) is 13.0. The van der Waals surface area contributed by atoms with Crippen LogP contribution in [-0.2, 0) is 13.1 Å². The van der Waals surface area contributed by atoms with E-state index in [2.05, 4.69) is 70.3 Å². The molecule has 0 atom stereocenters. The number of carboxylic acid groups (broad SMARTS) is 1. The highest BCUT2D eigenvalue weighted by molar-refractivity contribution is 7.14. The largest absolute Gasteiger partial charge is 0.478 e. The SMILES string of the molecule is C=CCN(Cc1ccc(C2CCCCC2)cc1)c1ccc(-c2csc(N(C)Cc3ccc(C(=O)O)cc3)n2)cc1. The van der Waals surface area contributed by atoms with E-state index >= 15 is 0 Å². The fraction of sp³-hybridized carbons (Fsp3) is 0.294. The first-order chi connectivity index (χ1) is 19.5. The van der Waals surface area contributed by atoms with Crippen molar-refractivity contribution in [2.75, 3.05) is 23.4 Å². The van der Waals surface area contributed by atoms with Crippen molar-refractivity contribution in [3.8, 4) is 11.3 Å². The number of hydrogen-bond acceptors (Lipinski definition) is 5. The molecule has 206 valence electrons. The number of aromatic carboxylic acids is 1. The maximum absolute atomic E-state index is 11.1. The third kappa shape index (κ3) is 6.80. The first-order valence-corrected chi connectivity index (χ1v) is 14.9. The molecular weight excluding hydrogens is 514 g/mol. The highest BCUT2D eigenvalue weighted by Crippen LogP contribution is 2.33. The standard InChI is InChI=1S/C34H37N3O2S/c1-3-21-37(23-26-9-13-28(14-10-26)27-7-5-4-6-8-27)31-19-17-29(18-20-31)32-24-40-34(35-32)36(2)22-25-11-15-30(16-12-25)33(38)39/h3,9-20,24,27H,1,4-8,21-23H2,2H3,(H,38,39). The molecular formula is C34H37N3O2S. The van der Waals surface area contributed by atoms with E-state index in [0.29, 0.717) is 12.1 Å². The molecule has 40 heavy (non-hydrogen) atoms. The molecule has 0 amide bonds. The molecule has 0 saturated heterocycles. The van der Waals surface area contributed by atoms with Gasteiger partial charge in [0.25, 0.3) is 0 Å². The Morgan fingerprint density at radius 1 is 0.950 bits per heavy atom. The lowest BCUT2D eigenvalue weighted by atomic mass is 9.84. The molecule has 1 heterocycles. The van der Waals surface area contributed by atoms with Gasteiger partial charge < -0.3 is 14.9 Å². The van der Waals surface area contributed by atoms with Crippen LogP contribution >= 0.6 is 11.3 Å². The highest BCUT2D eigenvalue weighted by Gasteiger charge is 2.16. The molecule has 5 nitrogen and oxygen atoms in total. The average molecular weight is 552 g/mol. The Hall–Kier alpha value is -3.90. The lowest BCUT2D eigenvalue weighted by Crippen LogP contribution is -2.22.